The lowest BCUT2D eigenvalue weighted by Gasteiger charge is -2.17. The number of amides is 1. The highest BCUT2D eigenvalue weighted by Gasteiger charge is 2.36. The molecule has 0 fully saturated rings. The molecule has 0 atom stereocenters. The highest BCUT2D eigenvalue weighted by Crippen LogP contribution is 2.41. The van der Waals surface area contributed by atoms with Crippen molar-refractivity contribution in [3.63, 3.8) is 0 Å². The average Bonchev–Trinajstić information content (AvgIpc) is 2.90. The largest absolute Gasteiger partial charge is 0.271 e. The number of rotatable bonds is 4. The van der Waals surface area contributed by atoms with Crippen molar-refractivity contribution in [3.8, 4) is 0 Å². The molecule has 0 radical (unpaired) electrons. The van der Waals surface area contributed by atoms with Crippen LogP contribution >= 0.6 is 11.6 Å². The van der Waals surface area contributed by atoms with Gasteiger partial charge in [0.1, 0.15) is 6.54 Å². The van der Waals surface area contributed by atoms with E-state index in [1.165, 1.54) is 0 Å². The van der Waals surface area contributed by atoms with E-state index in [1.54, 1.807) is 55.5 Å². The summed E-state index contributed by atoms with van der Waals surface area (Å²) in [5.74, 6) is -0.526. The molecule has 1 N–H and O–H groups in total. The summed E-state index contributed by atoms with van der Waals surface area (Å²) in [5.41, 5.74) is 4.32. The maximum atomic E-state index is 12.9. The molecule has 0 aliphatic carbocycles. The van der Waals surface area contributed by atoms with Crippen LogP contribution in [0.15, 0.2) is 70.7 Å². The first-order valence-electron chi connectivity index (χ1n) is 8.51. The minimum absolute atomic E-state index is 0.217. The Morgan fingerprint density at radius 3 is 2.46 bits per heavy atom. The minimum Gasteiger partial charge on any atom is -0.271 e. The van der Waals surface area contributed by atoms with Crippen LogP contribution in [-0.4, -0.2) is 26.6 Å². The number of nitrogens with one attached hydrogen (secondary N) is 1. The van der Waals surface area contributed by atoms with Crippen molar-refractivity contribution >= 4 is 49.7 Å². The maximum Gasteiger partial charge on any atom is 0.265 e. The van der Waals surface area contributed by atoms with E-state index in [0.29, 0.717) is 21.8 Å². The Morgan fingerprint density at radius 1 is 1.07 bits per heavy atom. The normalized spacial score (nSPS) is 15.1. The molecule has 0 saturated heterocycles. The molecule has 3 aromatic rings. The van der Waals surface area contributed by atoms with Crippen molar-refractivity contribution in [3.05, 3.63) is 71.2 Å². The molecule has 1 aliphatic heterocycles. The zero-order chi connectivity index (χ0) is 19.9. The Kier molecular flexibility index (Phi) is 4.56. The van der Waals surface area contributed by atoms with Crippen molar-refractivity contribution < 1.29 is 13.2 Å². The third-order valence-electron chi connectivity index (χ3n) is 4.58. The quantitative estimate of drug-likeness (QED) is 0.524. The van der Waals surface area contributed by atoms with Crippen LogP contribution in [0.4, 0.5) is 5.69 Å². The van der Waals surface area contributed by atoms with Gasteiger partial charge in [-0.1, -0.05) is 48.0 Å². The van der Waals surface area contributed by atoms with Gasteiger partial charge in [0, 0.05) is 10.4 Å². The van der Waals surface area contributed by atoms with Crippen molar-refractivity contribution in [1.29, 1.82) is 0 Å². The van der Waals surface area contributed by atoms with Crippen LogP contribution < -0.4 is 9.73 Å². The highest BCUT2D eigenvalue weighted by molar-refractivity contribution is 7.93. The van der Waals surface area contributed by atoms with Crippen molar-refractivity contribution in [2.24, 2.45) is 5.10 Å². The summed E-state index contributed by atoms with van der Waals surface area (Å²) in [6.45, 7) is 1.39. The lowest BCUT2D eigenvalue weighted by atomic mass is 10.1. The average molecular weight is 414 g/mol. The highest BCUT2D eigenvalue weighted by atomic mass is 35.5. The number of hydrogen-bond donors (Lipinski definition) is 1. The Balaban J connectivity index is 1.56. The number of carbonyl (C=O) groups is 1. The summed E-state index contributed by atoms with van der Waals surface area (Å²) in [6, 6.07) is 17.5. The lowest BCUT2D eigenvalue weighted by molar-refractivity contribution is -0.119. The van der Waals surface area contributed by atoms with E-state index in [2.05, 4.69) is 10.5 Å². The second kappa shape index (κ2) is 6.92. The van der Waals surface area contributed by atoms with E-state index >= 15 is 0 Å². The molecule has 0 spiro atoms. The molecular weight excluding hydrogens is 398 g/mol. The summed E-state index contributed by atoms with van der Waals surface area (Å²) < 4.78 is 26.9. The van der Waals surface area contributed by atoms with Gasteiger partial charge in [0.25, 0.3) is 15.9 Å². The number of nitrogens with zero attached hydrogens (tertiary/aromatic N) is 2. The first-order chi connectivity index (χ1) is 13.4. The number of benzene rings is 3. The van der Waals surface area contributed by atoms with Crippen molar-refractivity contribution in [1.82, 2.24) is 5.43 Å². The molecule has 4 rings (SSSR count). The first kappa shape index (κ1) is 18.5. The van der Waals surface area contributed by atoms with E-state index in [9.17, 15) is 13.2 Å². The number of halogens is 1. The summed E-state index contributed by atoms with van der Waals surface area (Å²) in [7, 11) is -3.78. The lowest BCUT2D eigenvalue weighted by Crippen LogP contribution is -2.37. The summed E-state index contributed by atoms with van der Waals surface area (Å²) >= 11 is 5.87. The first-order valence-corrected chi connectivity index (χ1v) is 10.3. The van der Waals surface area contributed by atoms with Crippen LogP contribution in [-0.2, 0) is 14.8 Å². The standard InChI is InChI=1S/C20H16ClN3O3S/c1-13(14-8-10-16(21)11-9-14)22-23-19(25)12-24-17-6-2-4-15-5-3-7-18(20(15)17)28(24,26)27/h2-11H,12H2,1H3,(H,23,25)/b22-13-. The van der Waals surface area contributed by atoms with Crippen LogP contribution in [0.3, 0.4) is 0 Å². The Bertz CT molecular complexity index is 1220. The molecular formula is C20H16ClN3O3S. The minimum atomic E-state index is -3.78. The monoisotopic (exact) mass is 413 g/mol. The molecule has 1 amide bonds. The van der Waals surface area contributed by atoms with Crippen LogP contribution in [0.25, 0.3) is 10.8 Å². The molecule has 8 heteroatoms. The second-order valence-electron chi connectivity index (χ2n) is 6.38. The van der Waals surface area contributed by atoms with E-state index in [4.69, 9.17) is 11.6 Å². The van der Waals surface area contributed by atoms with E-state index in [0.717, 1.165) is 15.3 Å². The number of anilines is 1. The smallest absolute Gasteiger partial charge is 0.265 e. The molecule has 142 valence electrons. The molecule has 0 unspecified atom stereocenters. The fourth-order valence-electron chi connectivity index (χ4n) is 3.20. The van der Waals surface area contributed by atoms with Gasteiger partial charge in [-0.05, 0) is 42.1 Å². The van der Waals surface area contributed by atoms with Gasteiger partial charge in [-0.25, -0.2) is 13.8 Å². The van der Waals surface area contributed by atoms with Gasteiger partial charge < -0.3 is 0 Å². The topological polar surface area (TPSA) is 78.8 Å². The Labute approximate surface area is 167 Å². The number of sulfonamides is 1. The molecule has 6 nitrogen and oxygen atoms in total. The zero-order valence-electron chi connectivity index (χ0n) is 14.9. The van der Waals surface area contributed by atoms with Gasteiger partial charge in [-0.15, -0.1) is 0 Å². The van der Waals surface area contributed by atoms with Gasteiger partial charge in [0.2, 0.25) is 0 Å². The summed E-state index contributed by atoms with van der Waals surface area (Å²) in [6.07, 6.45) is 0. The summed E-state index contributed by atoms with van der Waals surface area (Å²) in [5, 5.41) is 6.12. The molecule has 0 bridgehead atoms. The maximum absolute atomic E-state index is 12.9. The van der Waals surface area contributed by atoms with Crippen molar-refractivity contribution in [2.75, 3.05) is 10.8 Å². The SMILES string of the molecule is C/C(=N/NC(=O)CN1c2cccc3cccc(c23)S1(=O)=O)c1ccc(Cl)cc1. The fourth-order valence-corrected chi connectivity index (χ4v) is 4.99. The van der Waals surface area contributed by atoms with Crippen LogP contribution in [0.1, 0.15) is 12.5 Å². The van der Waals surface area contributed by atoms with Crippen LogP contribution in [0.2, 0.25) is 5.02 Å². The van der Waals surface area contributed by atoms with Gasteiger partial charge >= 0.3 is 0 Å². The number of carbonyl (C=O) groups excluding carboxylic acids is 1. The molecule has 28 heavy (non-hydrogen) atoms. The molecule has 0 saturated carbocycles. The Hall–Kier alpha value is -2.90. The van der Waals surface area contributed by atoms with Gasteiger partial charge in [-0.2, -0.15) is 5.10 Å². The molecule has 1 aliphatic rings. The predicted octanol–water partition coefficient (Wildman–Crippen LogP) is 3.54. The summed E-state index contributed by atoms with van der Waals surface area (Å²) in [4.78, 5) is 12.6. The van der Waals surface area contributed by atoms with Gasteiger partial charge in [0.15, 0.2) is 0 Å². The van der Waals surface area contributed by atoms with Gasteiger partial charge in [0.05, 0.1) is 16.3 Å². The number of hydrazone groups is 1. The van der Waals surface area contributed by atoms with Crippen LogP contribution in [0, 0.1) is 0 Å². The van der Waals surface area contributed by atoms with E-state index in [-0.39, 0.29) is 11.4 Å². The second-order valence-corrected chi connectivity index (χ2v) is 8.65. The Morgan fingerprint density at radius 2 is 1.75 bits per heavy atom. The third kappa shape index (κ3) is 3.12. The van der Waals surface area contributed by atoms with Gasteiger partial charge in [-0.3, -0.25) is 9.10 Å². The number of hydrogen-bond acceptors (Lipinski definition) is 4. The molecule has 3 aromatic carbocycles. The fraction of sp³-hybridized carbons (Fsp3) is 0.100. The van der Waals surface area contributed by atoms with E-state index < -0.39 is 15.9 Å². The predicted molar refractivity (Wildman–Crippen MR) is 110 cm³/mol. The van der Waals surface area contributed by atoms with Crippen molar-refractivity contribution in [2.45, 2.75) is 11.8 Å². The third-order valence-corrected chi connectivity index (χ3v) is 6.63. The molecule has 1 heterocycles. The zero-order valence-corrected chi connectivity index (χ0v) is 16.5. The van der Waals surface area contributed by atoms with E-state index in [1.807, 2.05) is 12.1 Å². The molecule has 0 aromatic heterocycles. The van der Waals surface area contributed by atoms with Crippen LogP contribution in [0.5, 0.6) is 0 Å².